The molecule has 18 heavy (non-hydrogen) atoms. The normalized spacial score (nSPS) is 12.5. The summed E-state index contributed by atoms with van der Waals surface area (Å²) < 4.78 is 15.4. The van der Waals surface area contributed by atoms with Crippen LogP contribution in [0.3, 0.4) is 0 Å². The van der Waals surface area contributed by atoms with Crippen molar-refractivity contribution in [1.82, 2.24) is 0 Å². The Bertz CT molecular complexity index is 591. The number of benzene rings is 2. The second kappa shape index (κ2) is 5.86. The summed E-state index contributed by atoms with van der Waals surface area (Å²) in [7, 11) is 0. The Hall–Kier alpha value is -0.170. The van der Waals surface area contributed by atoms with Gasteiger partial charge in [-0.05, 0) is 62.3 Å². The Balaban J connectivity index is 2.46. The summed E-state index contributed by atoms with van der Waals surface area (Å²) in [6.07, 6.45) is -1.02. The average molecular weight is 441 g/mol. The summed E-state index contributed by atoms with van der Waals surface area (Å²) in [4.78, 5) is 0. The first-order chi connectivity index (χ1) is 8.50. The van der Waals surface area contributed by atoms with Crippen LogP contribution in [0, 0.1) is 9.39 Å². The monoisotopic (exact) mass is 440 g/mol. The molecule has 0 aliphatic heterocycles. The van der Waals surface area contributed by atoms with Crippen LogP contribution < -0.4 is 0 Å². The van der Waals surface area contributed by atoms with Crippen molar-refractivity contribution in [3.8, 4) is 0 Å². The minimum Gasteiger partial charge on any atom is -0.384 e. The largest absolute Gasteiger partial charge is 0.384 e. The number of halogens is 4. The van der Waals surface area contributed by atoms with Crippen molar-refractivity contribution in [2.45, 2.75) is 6.10 Å². The van der Waals surface area contributed by atoms with Gasteiger partial charge in [-0.25, -0.2) is 4.39 Å². The molecule has 1 nitrogen and oxygen atoms in total. The zero-order valence-corrected chi connectivity index (χ0v) is 13.5. The van der Waals surface area contributed by atoms with Crippen molar-refractivity contribution in [2.75, 3.05) is 0 Å². The smallest absolute Gasteiger partial charge is 0.149 e. The molecule has 0 saturated heterocycles. The van der Waals surface area contributed by atoms with Gasteiger partial charge in [0.25, 0.3) is 0 Å². The molecule has 0 spiro atoms. The van der Waals surface area contributed by atoms with Gasteiger partial charge in [0.1, 0.15) is 11.9 Å². The Morgan fingerprint density at radius 2 is 2.00 bits per heavy atom. The molecule has 2 rings (SSSR count). The maximum atomic E-state index is 14.0. The number of rotatable bonds is 2. The van der Waals surface area contributed by atoms with Crippen molar-refractivity contribution >= 4 is 50.1 Å². The predicted octanol–water partition coefficient (Wildman–Crippen LogP) is 4.93. The van der Waals surface area contributed by atoms with E-state index in [9.17, 15) is 9.50 Å². The van der Waals surface area contributed by atoms with Crippen molar-refractivity contribution in [3.05, 3.63) is 66.4 Å². The minimum atomic E-state index is -1.02. The van der Waals surface area contributed by atoms with Gasteiger partial charge in [-0.15, -0.1) is 0 Å². The van der Waals surface area contributed by atoms with Crippen LogP contribution in [0.15, 0.2) is 40.9 Å². The average Bonchev–Trinajstić information content (AvgIpc) is 2.35. The third kappa shape index (κ3) is 2.87. The molecular weight excluding hydrogens is 433 g/mol. The molecule has 1 unspecified atom stereocenters. The first-order valence-corrected chi connectivity index (χ1v) is 7.32. The lowest BCUT2D eigenvalue weighted by molar-refractivity contribution is 0.215. The lowest BCUT2D eigenvalue weighted by atomic mass is 10.0. The molecule has 0 heterocycles. The first kappa shape index (κ1) is 14.2. The quantitative estimate of drug-likeness (QED) is 0.518. The predicted molar refractivity (Wildman–Crippen MR) is 82.3 cm³/mol. The van der Waals surface area contributed by atoms with Crippen LogP contribution in [0.4, 0.5) is 4.39 Å². The molecule has 0 amide bonds. The summed E-state index contributed by atoms with van der Waals surface area (Å²) in [5.41, 5.74) is 0.810. The van der Waals surface area contributed by atoms with E-state index in [4.69, 9.17) is 11.6 Å². The van der Waals surface area contributed by atoms with Gasteiger partial charge in [-0.2, -0.15) is 0 Å². The lowest BCUT2D eigenvalue weighted by Gasteiger charge is -2.14. The van der Waals surface area contributed by atoms with Crippen molar-refractivity contribution in [1.29, 1.82) is 0 Å². The summed E-state index contributed by atoms with van der Waals surface area (Å²) >= 11 is 11.1. The molecule has 0 aromatic heterocycles. The number of hydrogen-bond acceptors (Lipinski definition) is 1. The van der Waals surface area contributed by atoms with Crippen LogP contribution >= 0.6 is 50.1 Å². The molecular formula is C13H8BrClFIO. The maximum absolute atomic E-state index is 14.0. The Morgan fingerprint density at radius 1 is 1.28 bits per heavy atom. The Morgan fingerprint density at radius 3 is 2.67 bits per heavy atom. The van der Waals surface area contributed by atoms with Gasteiger partial charge < -0.3 is 5.11 Å². The molecule has 0 radical (unpaired) electrons. The van der Waals surface area contributed by atoms with Crippen LogP contribution in [0.25, 0.3) is 0 Å². The van der Waals surface area contributed by atoms with Gasteiger partial charge in [-0.3, -0.25) is 0 Å². The van der Waals surface area contributed by atoms with Crippen LogP contribution in [-0.2, 0) is 0 Å². The van der Waals surface area contributed by atoms with Crippen molar-refractivity contribution < 1.29 is 9.50 Å². The Labute approximate surface area is 131 Å². The summed E-state index contributed by atoms with van der Waals surface area (Å²) in [5, 5.41) is 10.2. The second-order valence-electron chi connectivity index (χ2n) is 3.72. The molecule has 2 aromatic carbocycles. The fourth-order valence-electron chi connectivity index (χ4n) is 1.61. The third-order valence-corrected chi connectivity index (χ3v) is 4.45. The molecule has 0 fully saturated rings. The van der Waals surface area contributed by atoms with E-state index in [0.717, 1.165) is 3.57 Å². The van der Waals surface area contributed by atoms with Crippen molar-refractivity contribution in [3.63, 3.8) is 0 Å². The Kier molecular flexibility index (Phi) is 4.64. The SMILES string of the molecule is OC(c1cccc(I)c1)c1ccc(Br)c(Cl)c1F. The second-order valence-corrected chi connectivity index (χ2v) is 6.20. The molecule has 1 N–H and O–H groups in total. The molecule has 5 heteroatoms. The van der Waals surface area contributed by atoms with E-state index >= 15 is 0 Å². The van der Waals surface area contributed by atoms with E-state index in [1.54, 1.807) is 18.2 Å². The van der Waals surface area contributed by atoms with Crippen LogP contribution in [0.2, 0.25) is 5.02 Å². The molecule has 0 aliphatic rings. The molecule has 1 atom stereocenters. The highest BCUT2D eigenvalue weighted by molar-refractivity contribution is 14.1. The van der Waals surface area contributed by atoms with Crippen LogP contribution in [0.5, 0.6) is 0 Å². The van der Waals surface area contributed by atoms with E-state index in [2.05, 4.69) is 38.5 Å². The number of hydrogen-bond donors (Lipinski definition) is 1. The zero-order valence-electron chi connectivity index (χ0n) is 9.00. The van der Waals surface area contributed by atoms with E-state index in [1.807, 2.05) is 12.1 Å². The van der Waals surface area contributed by atoms with Crippen LogP contribution in [-0.4, -0.2) is 5.11 Å². The van der Waals surface area contributed by atoms with Crippen LogP contribution in [0.1, 0.15) is 17.2 Å². The van der Waals surface area contributed by atoms with E-state index in [-0.39, 0.29) is 10.6 Å². The fraction of sp³-hybridized carbons (Fsp3) is 0.0769. The molecule has 0 bridgehead atoms. The van der Waals surface area contributed by atoms with Gasteiger partial charge in [0, 0.05) is 13.6 Å². The van der Waals surface area contributed by atoms with Gasteiger partial charge in [-0.1, -0.05) is 29.8 Å². The summed E-state index contributed by atoms with van der Waals surface area (Å²) in [5.74, 6) is -0.600. The summed E-state index contributed by atoms with van der Waals surface area (Å²) in [6.45, 7) is 0. The van der Waals surface area contributed by atoms with E-state index in [1.165, 1.54) is 6.07 Å². The lowest BCUT2D eigenvalue weighted by Crippen LogP contribution is -2.03. The molecule has 0 aliphatic carbocycles. The van der Waals surface area contributed by atoms with Gasteiger partial charge >= 0.3 is 0 Å². The van der Waals surface area contributed by atoms with E-state index in [0.29, 0.717) is 10.0 Å². The highest BCUT2D eigenvalue weighted by Gasteiger charge is 2.18. The first-order valence-electron chi connectivity index (χ1n) is 5.07. The van der Waals surface area contributed by atoms with Crippen molar-refractivity contribution in [2.24, 2.45) is 0 Å². The fourth-order valence-corrected chi connectivity index (χ4v) is 2.65. The molecule has 2 aromatic rings. The van der Waals surface area contributed by atoms with Gasteiger partial charge in [0.05, 0.1) is 5.02 Å². The molecule has 94 valence electrons. The number of aliphatic hydroxyl groups is 1. The minimum absolute atomic E-state index is 0.0165. The standard InChI is InChI=1S/C13H8BrClFIO/c14-10-5-4-9(12(16)11(10)15)13(18)7-2-1-3-8(17)6-7/h1-6,13,18H. The third-order valence-electron chi connectivity index (χ3n) is 2.52. The highest BCUT2D eigenvalue weighted by Crippen LogP contribution is 2.33. The van der Waals surface area contributed by atoms with E-state index < -0.39 is 11.9 Å². The van der Waals surface area contributed by atoms with Gasteiger partial charge in [0.2, 0.25) is 0 Å². The highest BCUT2D eigenvalue weighted by atomic mass is 127. The maximum Gasteiger partial charge on any atom is 0.149 e. The van der Waals surface area contributed by atoms with Gasteiger partial charge in [0.15, 0.2) is 0 Å². The topological polar surface area (TPSA) is 20.2 Å². The molecule has 0 saturated carbocycles. The number of aliphatic hydroxyl groups excluding tert-OH is 1. The summed E-state index contributed by atoms with van der Waals surface area (Å²) in [6, 6.07) is 10.4. The zero-order chi connectivity index (χ0) is 13.3.